The standard InChI is InChI=1S/C14H19NO3/c1-11-7-5-6-10-13(11)17-18-14(16)15-12-8-3-2-4-9-12/h5-7,10,12H,2-4,8-9H2,1H3,(H,15,16). The second-order valence-corrected chi connectivity index (χ2v) is 4.70. The summed E-state index contributed by atoms with van der Waals surface area (Å²) in [6.07, 6.45) is 5.14. The lowest BCUT2D eigenvalue weighted by Gasteiger charge is -2.21. The normalized spacial score (nSPS) is 16.1. The van der Waals surface area contributed by atoms with Crippen molar-refractivity contribution in [3.8, 4) is 5.75 Å². The summed E-state index contributed by atoms with van der Waals surface area (Å²) in [6, 6.07) is 7.64. The Bertz CT molecular complexity index is 400. The number of benzene rings is 1. The van der Waals surface area contributed by atoms with Gasteiger partial charge in [-0.25, -0.2) is 9.68 Å². The molecule has 0 heterocycles. The Morgan fingerprint density at radius 2 is 1.94 bits per heavy atom. The first-order valence-electron chi connectivity index (χ1n) is 6.46. The van der Waals surface area contributed by atoms with E-state index in [2.05, 4.69) is 5.32 Å². The van der Waals surface area contributed by atoms with E-state index in [-0.39, 0.29) is 6.04 Å². The highest BCUT2D eigenvalue weighted by molar-refractivity contribution is 5.67. The third-order valence-corrected chi connectivity index (χ3v) is 3.23. The Morgan fingerprint density at radius 3 is 2.67 bits per heavy atom. The van der Waals surface area contributed by atoms with Gasteiger partial charge in [0.2, 0.25) is 0 Å². The molecule has 1 fully saturated rings. The summed E-state index contributed by atoms with van der Waals surface area (Å²) in [5, 5.41) is 2.82. The Hall–Kier alpha value is -1.71. The predicted molar refractivity (Wildman–Crippen MR) is 68.3 cm³/mol. The van der Waals surface area contributed by atoms with Gasteiger partial charge in [-0.2, -0.15) is 0 Å². The first-order valence-corrected chi connectivity index (χ1v) is 6.46. The molecular weight excluding hydrogens is 230 g/mol. The lowest BCUT2D eigenvalue weighted by Crippen LogP contribution is -2.37. The van der Waals surface area contributed by atoms with Crippen LogP contribution in [0.3, 0.4) is 0 Å². The largest absolute Gasteiger partial charge is 0.450 e. The van der Waals surface area contributed by atoms with Gasteiger partial charge >= 0.3 is 6.09 Å². The molecule has 0 bridgehead atoms. The molecule has 0 aromatic heterocycles. The van der Waals surface area contributed by atoms with Crippen molar-refractivity contribution >= 4 is 6.09 Å². The lowest BCUT2D eigenvalue weighted by molar-refractivity contribution is -0.143. The molecule has 1 aliphatic carbocycles. The number of rotatable bonds is 3. The summed E-state index contributed by atoms with van der Waals surface area (Å²) in [7, 11) is 0. The minimum Gasteiger partial charge on any atom is -0.316 e. The van der Waals surface area contributed by atoms with Gasteiger partial charge in [-0.15, -0.1) is 0 Å². The third kappa shape index (κ3) is 3.65. The van der Waals surface area contributed by atoms with E-state index in [1.807, 2.05) is 25.1 Å². The van der Waals surface area contributed by atoms with Gasteiger partial charge in [-0.3, -0.25) is 4.89 Å². The van der Waals surface area contributed by atoms with Gasteiger partial charge in [0.05, 0.1) is 0 Å². The number of hydrogen-bond acceptors (Lipinski definition) is 3. The molecule has 4 heteroatoms. The van der Waals surface area contributed by atoms with Crippen LogP contribution in [-0.4, -0.2) is 12.1 Å². The van der Waals surface area contributed by atoms with Crippen LogP contribution in [0.1, 0.15) is 37.7 Å². The quantitative estimate of drug-likeness (QED) is 0.660. The fourth-order valence-corrected chi connectivity index (χ4v) is 2.17. The van der Waals surface area contributed by atoms with Crippen molar-refractivity contribution in [3.63, 3.8) is 0 Å². The van der Waals surface area contributed by atoms with Gasteiger partial charge < -0.3 is 5.32 Å². The van der Waals surface area contributed by atoms with Crippen molar-refractivity contribution in [1.29, 1.82) is 0 Å². The average Bonchev–Trinajstić information content (AvgIpc) is 2.39. The Labute approximate surface area is 107 Å². The molecule has 0 radical (unpaired) electrons. The fraction of sp³-hybridized carbons (Fsp3) is 0.500. The van der Waals surface area contributed by atoms with Gasteiger partial charge in [-0.1, -0.05) is 37.5 Å². The number of para-hydroxylation sites is 1. The molecule has 18 heavy (non-hydrogen) atoms. The van der Waals surface area contributed by atoms with Crippen molar-refractivity contribution in [2.75, 3.05) is 0 Å². The molecule has 4 nitrogen and oxygen atoms in total. The summed E-state index contributed by atoms with van der Waals surface area (Å²) < 4.78 is 0. The second-order valence-electron chi connectivity index (χ2n) is 4.70. The number of aryl methyl sites for hydroxylation is 1. The van der Waals surface area contributed by atoms with Crippen LogP contribution < -0.4 is 10.2 Å². The Kier molecular flexibility index (Phi) is 4.45. The van der Waals surface area contributed by atoms with Crippen molar-refractivity contribution in [2.45, 2.75) is 45.1 Å². The smallest absolute Gasteiger partial charge is 0.316 e. The van der Waals surface area contributed by atoms with Crippen LogP contribution in [0.2, 0.25) is 0 Å². The molecule has 1 saturated carbocycles. The Balaban J connectivity index is 1.76. The maximum Gasteiger partial charge on any atom is 0.450 e. The lowest BCUT2D eigenvalue weighted by atomic mass is 9.96. The number of carbonyl (C=O) groups is 1. The van der Waals surface area contributed by atoms with E-state index < -0.39 is 6.09 Å². The molecule has 1 aromatic carbocycles. The van der Waals surface area contributed by atoms with Gasteiger partial charge in [0.25, 0.3) is 0 Å². The minimum absolute atomic E-state index is 0.228. The number of amides is 1. The first kappa shape index (κ1) is 12.7. The zero-order valence-corrected chi connectivity index (χ0v) is 10.6. The summed E-state index contributed by atoms with van der Waals surface area (Å²) in [5.74, 6) is 0.566. The van der Waals surface area contributed by atoms with Crippen LogP contribution in [0.25, 0.3) is 0 Å². The van der Waals surface area contributed by atoms with Gasteiger partial charge in [0.15, 0.2) is 5.75 Å². The van der Waals surface area contributed by atoms with Crippen LogP contribution in [0.5, 0.6) is 5.75 Å². The van der Waals surface area contributed by atoms with Crippen molar-refractivity contribution < 1.29 is 14.6 Å². The number of hydrogen-bond donors (Lipinski definition) is 1. The summed E-state index contributed by atoms with van der Waals surface area (Å²) in [5.41, 5.74) is 0.933. The zero-order valence-electron chi connectivity index (χ0n) is 10.6. The van der Waals surface area contributed by atoms with Crippen molar-refractivity contribution in [1.82, 2.24) is 5.32 Å². The molecule has 1 aromatic rings. The van der Waals surface area contributed by atoms with E-state index in [1.54, 1.807) is 6.07 Å². The summed E-state index contributed by atoms with van der Waals surface area (Å²) >= 11 is 0. The SMILES string of the molecule is Cc1ccccc1OOC(=O)NC1CCCCC1. The molecule has 1 aliphatic rings. The molecule has 0 atom stereocenters. The zero-order chi connectivity index (χ0) is 12.8. The monoisotopic (exact) mass is 249 g/mol. The average molecular weight is 249 g/mol. The maximum atomic E-state index is 11.5. The summed E-state index contributed by atoms with van der Waals surface area (Å²) in [6.45, 7) is 1.90. The molecule has 1 N–H and O–H groups in total. The topological polar surface area (TPSA) is 47.6 Å². The summed E-state index contributed by atoms with van der Waals surface area (Å²) in [4.78, 5) is 21.3. The van der Waals surface area contributed by atoms with Crippen LogP contribution in [-0.2, 0) is 4.89 Å². The first-order chi connectivity index (χ1) is 8.75. The van der Waals surface area contributed by atoms with E-state index in [0.717, 1.165) is 18.4 Å². The molecule has 0 spiro atoms. The third-order valence-electron chi connectivity index (χ3n) is 3.23. The molecular formula is C14H19NO3. The van der Waals surface area contributed by atoms with Crippen LogP contribution in [0, 0.1) is 6.92 Å². The predicted octanol–water partition coefficient (Wildman–Crippen LogP) is 3.35. The molecule has 1 amide bonds. The highest BCUT2D eigenvalue weighted by Gasteiger charge is 2.17. The molecule has 0 saturated heterocycles. The van der Waals surface area contributed by atoms with Crippen molar-refractivity contribution in [2.24, 2.45) is 0 Å². The van der Waals surface area contributed by atoms with Crippen LogP contribution in [0.15, 0.2) is 24.3 Å². The minimum atomic E-state index is -0.509. The van der Waals surface area contributed by atoms with E-state index in [9.17, 15) is 4.79 Å². The van der Waals surface area contributed by atoms with E-state index >= 15 is 0 Å². The molecule has 0 unspecified atom stereocenters. The maximum absolute atomic E-state index is 11.5. The highest BCUT2D eigenvalue weighted by atomic mass is 17.2. The molecule has 0 aliphatic heterocycles. The fourth-order valence-electron chi connectivity index (χ4n) is 2.17. The van der Waals surface area contributed by atoms with E-state index in [0.29, 0.717) is 5.75 Å². The van der Waals surface area contributed by atoms with Crippen molar-refractivity contribution in [3.05, 3.63) is 29.8 Å². The highest BCUT2D eigenvalue weighted by Crippen LogP contribution is 2.18. The van der Waals surface area contributed by atoms with Gasteiger partial charge in [-0.05, 0) is 31.4 Å². The van der Waals surface area contributed by atoms with Crippen LogP contribution >= 0.6 is 0 Å². The van der Waals surface area contributed by atoms with Crippen LogP contribution in [0.4, 0.5) is 4.79 Å². The Morgan fingerprint density at radius 1 is 1.22 bits per heavy atom. The van der Waals surface area contributed by atoms with Gasteiger partial charge in [0.1, 0.15) is 0 Å². The molecule has 2 rings (SSSR count). The van der Waals surface area contributed by atoms with E-state index in [1.165, 1.54) is 19.3 Å². The van der Waals surface area contributed by atoms with E-state index in [4.69, 9.17) is 9.78 Å². The molecule has 98 valence electrons. The van der Waals surface area contributed by atoms with Gasteiger partial charge in [0, 0.05) is 6.04 Å². The number of carbonyl (C=O) groups excluding carboxylic acids is 1. The number of nitrogens with one attached hydrogen (secondary N) is 1. The second kappa shape index (κ2) is 6.28.